The Hall–Kier alpha value is -13.7. The smallest absolute Gasteiger partial charge is 0.245 e. The van der Waals surface area contributed by atoms with Crippen LogP contribution < -0.4 is 86.7 Å². The summed E-state index contributed by atoms with van der Waals surface area (Å²) in [7, 11) is 0. The van der Waals surface area contributed by atoms with E-state index in [-0.39, 0.29) is 128 Å². The van der Waals surface area contributed by atoms with Crippen LogP contribution in [0.25, 0.3) is 21.8 Å². The summed E-state index contributed by atoms with van der Waals surface area (Å²) in [4.78, 5) is 214. The number of rotatable bonds is 26. The van der Waals surface area contributed by atoms with E-state index in [1.165, 1.54) is 23.6 Å². The zero-order valence-corrected chi connectivity index (χ0v) is 73.8. The Kier molecular flexibility index (Phi) is 36.1. The Bertz CT molecular complexity index is 5130. The van der Waals surface area contributed by atoms with E-state index in [0.717, 1.165) is 81.7 Å². The van der Waals surface area contributed by atoms with Crippen LogP contribution in [0.4, 0.5) is 0 Å². The minimum Gasteiger partial charge on any atom is -0.370 e. The van der Waals surface area contributed by atoms with Crippen molar-refractivity contribution in [1.82, 2.24) is 83.6 Å². The van der Waals surface area contributed by atoms with Gasteiger partial charge in [0.25, 0.3) is 0 Å². The van der Waals surface area contributed by atoms with Crippen molar-refractivity contribution < 1.29 is 67.1 Å². The van der Waals surface area contributed by atoms with E-state index >= 15 is 0 Å². The summed E-state index contributed by atoms with van der Waals surface area (Å²) in [5.74, 6) is -7.63. The number of aliphatic imine (C=N–C) groups is 2. The fourth-order valence-corrected chi connectivity index (χ4v) is 17.6. The Morgan fingerprint density at radius 3 is 1.18 bits per heavy atom. The highest BCUT2D eigenvalue weighted by molar-refractivity contribution is 6.01. The molecule has 12 atom stereocenters. The first kappa shape index (κ1) is 96.9. The van der Waals surface area contributed by atoms with Gasteiger partial charge in [0.2, 0.25) is 82.7 Å². The molecular weight excluding hydrogens is 1660 g/mol. The number of aromatic amines is 2. The van der Waals surface area contributed by atoms with E-state index in [2.05, 4.69) is 83.8 Å². The highest BCUT2D eigenvalue weighted by Gasteiger charge is 2.44. The average molecular weight is 1790 g/mol. The van der Waals surface area contributed by atoms with Crippen molar-refractivity contribution in [3.05, 3.63) is 180 Å². The van der Waals surface area contributed by atoms with Crippen LogP contribution in [-0.2, 0) is 99.2 Å². The van der Waals surface area contributed by atoms with Crippen LogP contribution >= 0.6 is 0 Å². The molecule has 0 unspecified atom stereocenters. The molecule has 0 spiro atoms. The molecule has 694 valence electrons. The van der Waals surface area contributed by atoms with Gasteiger partial charge < -0.3 is 107 Å². The summed E-state index contributed by atoms with van der Waals surface area (Å²) in [6.07, 6.45) is 12.4. The lowest BCUT2D eigenvalue weighted by molar-refractivity contribution is -0.143. The number of aromatic nitrogens is 2. The monoisotopic (exact) mass is 1780 g/mol. The maximum absolute atomic E-state index is 14.6. The van der Waals surface area contributed by atoms with Gasteiger partial charge in [0, 0.05) is 119 Å². The topological polar surface area (TPSA) is 550 Å². The number of benzene rings is 5. The maximum atomic E-state index is 14.6. The van der Waals surface area contributed by atoms with Gasteiger partial charge in [-0.25, -0.2) is 0 Å². The van der Waals surface area contributed by atoms with Crippen LogP contribution in [0.5, 0.6) is 0 Å². The Labute approximate surface area is 755 Å². The van der Waals surface area contributed by atoms with Crippen LogP contribution in [0.15, 0.2) is 162 Å². The summed E-state index contributed by atoms with van der Waals surface area (Å²) in [5, 5.41) is 36.1. The van der Waals surface area contributed by atoms with Crippen molar-refractivity contribution in [2.75, 3.05) is 39.3 Å². The molecule has 36 heteroatoms. The third-order valence-corrected chi connectivity index (χ3v) is 24.3. The van der Waals surface area contributed by atoms with Crippen molar-refractivity contribution in [3.8, 4) is 0 Å². The van der Waals surface area contributed by atoms with Crippen molar-refractivity contribution >= 4 is 116 Å². The number of carbonyl (C=O) groups excluding carboxylic acids is 14. The summed E-state index contributed by atoms with van der Waals surface area (Å²) >= 11 is 0. The molecule has 5 aromatic carbocycles. The molecule has 7 aromatic rings. The molecule has 1 aliphatic carbocycles. The first-order valence-corrected chi connectivity index (χ1v) is 45.2. The van der Waals surface area contributed by atoms with Gasteiger partial charge in [-0.15, -0.1) is 0 Å². The molecule has 130 heavy (non-hydrogen) atoms. The van der Waals surface area contributed by atoms with E-state index in [4.69, 9.17) is 22.9 Å². The SMILES string of the molecule is CC(=O)N[C@@H](Cc1ccccc1)C(=O)N[C@H]1CCCNC(=O)[C@H](CCCN=C(N)N)NC(=O)[C@H](Cc2c[nH]c3ccccc23)NC(=O)[C@@H](CC2CCCCC2)NC(=O)[C@@H]2CCCN2C1=O.CC(=O)N[C@@H](Cc1ccccc1)C(=O)N[C@H]1CCCNC(=O)[C@H](CCCN=C(N)N)NC(=O)[C@H](Cc2c[nH]c3ccccc23)NC(=O)[C@@H](Cc2ccccc2)NC(=O)[C@@H]2CCCN2C1=O. The number of guanidine groups is 2. The fourth-order valence-electron chi connectivity index (χ4n) is 17.6. The quantitative estimate of drug-likeness (QED) is 0.0209. The molecule has 4 aliphatic heterocycles. The largest absolute Gasteiger partial charge is 0.370 e. The van der Waals surface area contributed by atoms with Crippen LogP contribution in [0.2, 0.25) is 0 Å². The van der Waals surface area contributed by atoms with Crippen LogP contribution in [-0.4, -0.2) is 226 Å². The number of hydrogen-bond donors (Lipinski definition) is 18. The molecular formula is C94H124N22O14. The summed E-state index contributed by atoms with van der Waals surface area (Å²) < 4.78 is 0. The second-order valence-corrected chi connectivity index (χ2v) is 34.1. The number of carbonyl (C=O) groups is 14. The minimum atomic E-state index is -1.19. The Morgan fingerprint density at radius 1 is 0.400 bits per heavy atom. The summed E-state index contributed by atoms with van der Waals surface area (Å²) in [5.41, 5.74) is 27.7. The van der Waals surface area contributed by atoms with E-state index in [1.807, 2.05) is 140 Å². The van der Waals surface area contributed by atoms with Gasteiger partial charge in [0.1, 0.15) is 72.5 Å². The number of nitrogens with zero attached hydrogens (tertiary/aromatic N) is 4. The molecule has 0 radical (unpaired) electrons. The molecule has 1 saturated carbocycles. The van der Waals surface area contributed by atoms with Gasteiger partial charge in [-0.05, 0) is 129 Å². The minimum absolute atomic E-state index is 0.0437. The van der Waals surface area contributed by atoms with Gasteiger partial charge in [0.15, 0.2) is 11.9 Å². The van der Waals surface area contributed by atoms with Crippen LogP contribution in [0.3, 0.4) is 0 Å². The standard InChI is InChI=1S/C47H65N11O7.C47H59N11O7/c2*1-29(59)53-37(25-30-13-4-2-5-14-30)42(61)55-36-20-11-22-50-41(60)35(19-10-23-51-47(48)49)54-44(63)39(27-32-28-52-34-18-9-8-17-33(32)34)56-43(62)38(26-31-15-6-3-7-16-31)57-45(64)40-21-12-24-58(40)46(36)65/h2,4-5,8-9,13-14,17-18,28,31,35-40,52H,3,6-7,10-12,15-16,19-27H2,1H3,(H,50,60)(H,53,59)(H,54,63)(H,55,61)(H,56,62)(H,57,64)(H4,48,49,51);2-9,13-18,28,35-40,52H,10-12,19-27H2,1H3,(H,50,60)(H,53,59)(H,54,63)(H,55,61)(H,56,62)(H,57,64)(H4,48,49,51)/t2*35-,36-,37-,38+,39-,40-/m00/s1. The van der Waals surface area contributed by atoms with Crippen molar-refractivity contribution in [1.29, 1.82) is 0 Å². The second kappa shape index (κ2) is 48.5. The number of hydrogen-bond acceptors (Lipinski definition) is 16. The van der Waals surface area contributed by atoms with Crippen LogP contribution in [0.1, 0.15) is 157 Å². The predicted molar refractivity (Wildman–Crippen MR) is 490 cm³/mol. The highest BCUT2D eigenvalue weighted by Crippen LogP contribution is 2.30. The zero-order chi connectivity index (χ0) is 92.6. The fraction of sp³-hybridized carbons (Fsp3) is 0.468. The molecule has 2 aromatic heterocycles. The first-order chi connectivity index (χ1) is 62.7. The molecule has 22 N–H and O–H groups in total. The predicted octanol–water partition coefficient (Wildman–Crippen LogP) is 1.92. The third-order valence-electron chi connectivity index (χ3n) is 24.3. The number of amides is 14. The number of H-pyrrole nitrogens is 2. The van der Waals surface area contributed by atoms with E-state index in [9.17, 15) is 67.1 Å². The van der Waals surface area contributed by atoms with Gasteiger partial charge in [0.05, 0.1) is 0 Å². The normalized spacial score (nSPS) is 22.5. The average Bonchev–Trinajstić information content (AvgIpc) is 1.75. The lowest BCUT2D eigenvalue weighted by Crippen LogP contribution is -2.60. The molecule has 12 rings (SSSR count). The van der Waals surface area contributed by atoms with Gasteiger partial charge in [-0.1, -0.05) is 159 Å². The molecule has 5 aliphatic rings. The maximum Gasteiger partial charge on any atom is 0.245 e. The van der Waals surface area contributed by atoms with Gasteiger partial charge in [-0.2, -0.15) is 0 Å². The number of fused-ring (bicyclic) bond motifs is 4. The molecule has 36 nitrogen and oxygen atoms in total. The van der Waals surface area contributed by atoms with Gasteiger partial charge >= 0.3 is 0 Å². The molecule has 6 heterocycles. The zero-order valence-electron chi connectivity index (χ0n) is 73.8. The van der Waals surface area contributed by atoms with E-state index in [1.54, 1.807) is 12.4 Å². The van der Waals surface area contributed by atoms with E-state index < -0.39 is 155 Å². The number of nitrogens with one attached hydrogen (secondary N) is 14. The van der Waals surface area contributed by atoms with Crippen molar-refractivity contribution in [3.63, 3.8) is 0 Å². The summed E-state index contributed by atoms with van der Waals surface area (Å²) in [6, 6.07) is 29.6. The molecule has 5 fully saturated rings. The lowest BCUT2D eigenvalue weighted by atomic mass is 9.84. The second-order valence-electron chi connectivity index (χ2n) is 34.1. The van der Waals surface area contributed by atoms with E-state index in [0.29, 0.717) is 44.9 Å². The van der Waals surface area contributed by atoms with Gasteiger partial charge in [-0.3, -0.25) is 77.1 Å². The molecule has 0 bridgehead atoms. The number of para-hydroxylation sites is 2. The highest BCUT2D eigenvalue weighted by atomic mass is 16.2. The van der Waals surface area contributed by atoms with Crippen molar-refractivity contribution in [2.24, 2.45) is 38.8 Å². The lowest BCUT2D eigenvalue weighted by Gasteiger charge is -2.32. The molecule has 4 saturated heterocycles. The Balaban J connectivity index is 0.000000251. The van der Waals surface area contributed by atoms with Crippen molar-refractivity contribution in [2.45, 2.75) is 234 Å². The first-order valence-electron chi connectivity index (χ1n) is 45.2. The molecule has 14 amide bonds. The van der Waals surface area contributed by atoms with Crippen LogP contribution in [0, 0.1) is 5.92 Å². The third kappa shape index (κ3) is 28.7. The number of nitrogens with two attached hydrogens (primary N) is 4. The Morgan fingerprint density at radius 2 is 0.769 bits per heavy atom. The summed E-state index contributed by atoms with van der Waals surface area (Å²) in [6.45, 7) is 3.57.